The zero-order chi connectivity index (χ0) is 43.5. The second-order valence-corrected chi connectivity index (χ2v) is 23.7. The van der Waals surface area contributed by atoms with Gasteiger partial charge in [-0.2, -0.15) is 52.7 Å². The van der Waals surface area contributed by atoms with Crippen molar-refractivity contribution in [2.75, 3.05) is 63.2 Å². The van der Waals surface area contributed by atoms with Gasteiger partial charge in [0.15, 0.2) is 0 Å². The van der Waals surface area contributed by atoms with Crippen LogP contribution in [0.25, 0.3) is 0 Å². The van der Waals surface area contributed by atoms with Crippen LogP contribution in [-0.2, 0) is 40.5 Å². The summed E-state index contributed by atoms with van der Waals surface area (Å²) in [7, 11) is 2.66. The second kappa shape index (κ2) is 33.8. The number of hydrogen-bond donors (Lipinski definition) is 1. The van der Waals surface area contributed by atoms with Crippen LogP contribution in [0.15, 0.2) is 0 Å². The average Bonchev–Trinajstić information content (AvgIpc) is 3.70. The Bertz CT molecular complexity index is 1070. The van der Waals surface area contributed by atoms with E-state index >= 15 is 0 Å². The number of alkyl halides is 12. The Morgan fingerprint density at radius 2 is 0.938 bits per heavy atom. The van der Waals surface area contributed by atoms with E-state index in [-0.39, 0.29) is 103 Å². The number of rotatable bonds is 18. The summed E-state index contributed by atoms with van der Waals surface area (Å²) in [4.78, 5) is 0. The molecule has 0 aromatic carbocycles. The van der Waals surface area contributed by atoms with Crippen molar-refractivity contribution in [2.24, 2.45) is 17.8 Å². The molecule has 0 aliphatic heterocycles. The molecule has 0 spiro atoms. The summed E-state index contributed by atoms with van der Waals surface area (Å²) >= 11 is 0. The molecule has 10 nitrogen and oxygen atoms in total. The monoisotopic (exact) mass is 1030 g/mol. The molecule has 0 amide bonds. The maximum atomic E-state index is 13.1. The zero-order valence-corrected chi connectivity index (χ0v) is 35.8. The van der Waals surface area contributed by atoms with Crippen molar-refractivity contribution in [3.8, 4) is 0 Å². The van der Waals surface area contributed by atoms with Crippen LogP contribution in [0, 0.1) is 17.8 Å². The lowest BCUT2D eigenvalue weighted by Gasteiger charge is -2.41. The minimum atomic E-state index is -5.76. The molecular formula is C39H92F12O10Si3. The third-order valence-corrected chi connectivity index (χ3v) is 19.4. The Morgan fingerprint density at radius 3 is 1.20 bits per heavy atom. The lowest BCUT2D eigenvalue weighted by Crippen LogP contribution is -2.59. The molecule has 2 fully saturated rings. The van der Waals surface area contributed by atoms with Gasteiger partial charge in [0.1, 0.15) is 6.79 Å². The first-order valence-corrected chi connectivity index (χ1v) is 24.1. The predicted octanol–water partition coefficient (Wildman–Crippen LogP) is 14.2. The number of hydrogen-bond acceptors (Lipinski definition) is 10. The van der Waals surface area contributed by atoms with Crippen molar-refractivity contribution in [3.63, 3.8) is 0 Å². The van der Waals surface area contributed by atoms with E-state index in [0.717, 1.165) is 0 Å². The van der Waals surface area contributed by atoms with Gasteiger partial charge in [-0.1, -0.05) is 66.8 Å². The molecule has 4 unspecified atom stereocenters. The molecule has 2 aliphatic carbocycles. The normalized spacial score (nSPS) is 18.6. The maximum absolute atomic E-state index is 13.1. The molecule has 4 atom stereocenters. The standard InChI is InChI=1S/C14H22F6O3Si.C12H22F6O4Si.C4H12O3Si.9CH4/c1-22-24(3,23-2)11-6-8-4-9(10(11)5-8)7-12(21,13(15,16)17)14(18,19)20;1-5-21-9-22-10(11(13,14)15,12(16,17)18)7-6-8-23(4,19-2)20-3;1-5-8(4,6-2)7-3;;;;;;;;;/h8-11,21H,4-7H2,1-3H3;5-9H2,1-4H3;1-4H3;9*1H4. The topological polar surface area (TPSA) is 103 Å². The van der Waals surface area contributed by atoms with Gasteiger partial charge in [0.2, 0.25) is 0 Å². The smallest absolute Gasteiger partial charge is 0.398 e. The lowest BCUT2D eigenvalue weighted by molar-refractivity contribution is -0.395. The zero-order valence-electron chi connectivity index (χ0n) is 32.8. The summed E-state index contributed by atoms with van der Waals surface area (Å²) in [5.74, 6) is -1.13. The first kappa shape index (κ1) is 86.6. The number of halogens is 12. The molecule has 0 radical (unpaired) electrons. The second-order valence-electron chi connectivity index (χ2n) is 13.5. The fourth-order valence-corrected chi connectivity index (χ4v) is 11.2. The van der Waals surface area contributed by atoms with Crippen molar-refractivity contribution in [1.82, 2.24) is 0 Å². The van der Waals surface area contributed by atoms with Crippen molar-refractivity contribution >= 4 is 25.9 Å². The molecule has 2 saturated carbocycles. The minimum Gasteiger partial charge on any atom is -0.398 e. The van der Waals surface area contributed by atoms with Crippen LogP contribution in [0.1, 0.15) is 112 Å². The minimum absolute atomic E-state index is 0. The Labute approximate surface area is 383 Å². The quantitative estimate of drug-likeness (QED) is 0.0618. The van der Waals surface area contributed by atoms with Crippen LogP contribution < -0.4 is 0 Å². The van der Waals surface area contributed by atoms with Crippen LogP contribution in [0.3, 0.4) is 0 Å². The van der Waals surface area contributed by atoms with E-state index in [2.05, 4.69) is 9.47 Å². The fourth-order valence-electron chi connectivity index (χ4n) is 6.59. The molecule has 0 aromatic heterocycles. The van der Waals surface area contributed by atoms with Crippen molar-refractivity contribution < 1.29 is 98.2 Å². The van der Waals surface area contributed by atoms with Gasteiger partial charge in [-0.25, -0.2) is 0 Å². The molecular weight excluding hydrogens is 941 g/mol. The molecule has 2 aliphatic rings. The molecule has 64 heavy (non-hydrogen) atoms. The highest BCUT2D eigenvalue weighted by molar-refractivity contribution is 6.67. The van der Waals surface area contributed by atoms with Gasteiger partial charge in [0.25, 0.3) is 11.2 Å². The van der Waals surface area contributed by atoms with Gasteiger partial charge in [0.05, 0.1) is 0 Å². The molecule has 404 valence electrons. The molecule has 2 bridgehead atoms. The molecule has 25 heteroatoms. The van der Waals surface area contributed by atoms with E-state index in [9.17, 15) is 57.8 Å². The van der Waals surface area contributed by atoms with Crippen molar-refractivity contribution in [1.29, 1.82) is 0 Å². The highest BCUT2D eigenvalue weighted by atomic mass is 28.4. The maximum Gasteiger partial charge on any atom is 0.496 e. The Kier molecular flexibility index (Phi) is 45.8. The Hall–Kier alpha value is -0.589. The number of aliphatic hydroxyl groups is 1. The Balaban J connectivity index is -0.0000000868. The van der Waals surface area contributed by atoms with Gasteiger partial charge in [0, 0.05) is 68.5 Å². The summed E-state index contributed by atoms with van der Waals surface area (Å²) in [5, 5.41) is 9.48. The summed E-state index contributed by atoms with van der Waals surface area (Å²) in [6.07, 6.45) is -24.3. The third-order valence-electron chi connectivity index (χ3n) is 10.6. The molecule has 0 aromatic rings. The third kappa shape index (κ3) is 21.8. The van der Waals surface area contributed by atoms with Gasteiger partial charge in [-0.3, -0.25) is 0 Å². The predicted molar refractivity (Wildman–Crippen MR) is 241 cm³/mol. The van der Waals surface area contributed by atoms with Crippen LogP contribution >= 0.6 is 0 Å². The van der Waals surface area contributed by atoms with Gasteiger partial charge in [-0.15, -0.1) is 0 Å². The van der Waals surface area contributed by atoms with E-state index in [1.807, 2.05) is 6.55 Å². The van der Waals surface area contributed by atoms with Crippen LogP contribution in [-0.4, -0.2) is 130 Å². The molecule has 0 saturated heterocycles. The van der Waals surface area contributed by atoms with Gasteiger partial charge in [-0.05, 0) is 82.3 Å². The summed E-state index contributed by atoms with van der Waals surface area (Å²) in [6, 6.07) is -0.0358. The molecule has 1 N–H and O–H groups in total. The van der Waals surface area contributed by atoms with Gasteiger partial charge >= 0.3 is 50.6 Å². The highest BCUT2D eigenvalue weighted by Crippen LogP contribution is 2.61. The van der Waals surface area contributed by atoms with Crippen LogP contribution in [0.4, 0.5) is 52.7 Å². The summed E-state index contributed by atoms with van der Waals surface area (Å²) in [5.41, 5.74) is -9.11. The first-order chi connectivity index (χ1) is 24.9. The largest absolute Gasteiger partial charge is 0.496 e. The van der Waals surface area contributed by atoms with Crippen molar-refractivity contribution in [3.05, 3.63) is 0 Å². The van der Waals surface area contributed by atoms with E-state index in [0.29, 0.717) is 12.8 Å². The fraction of sp³-hybridized carbons (Fsp3) is 1.00. The van der Waals surface area contributed by atoms with Crippen molar-refractivity contribution in [2.45, 2.75) is 179 Å². The number of ether oxygens (including phenoxy) is 2. The first-order valence-electron chi connectivity index (χ1n) is 16.9. The van der Waals surface area contributed by atoms with Crippen LogP contribution in [0.5, 0.6) is 0 Å². The van der Waals surface area contributed by atoms with E-state index in [1.54, 1.807) is 34.4 Å². The summed E-state index contributed by atoms with van der Waals surface area (Å²) in [6.45, 7) is 5.42. The highest BCUT2D eigenvalue weighted by Gasteiger charge is 2.73. The van der Waals surface area contributed by atoms with Crippen LogP contribution in [0.2, 0.25) is 31.2 Å². The average molecular weight is 1030 g/mol. The molecule has 2 rings (SSSR count). The SMILES string of the molecule is C.C.C.C.C.C.C.C.C.CCOCOC(CCC[Si](C)(OC)OC)(C(F)(F)F)C(F)(F)F.CO[Si](C)(OC)C1CC2CC(CC(O)(C(F)(F)F)C(F)(F)F)C1C2.CO[Si](C)(OC)OC. The van der Waals surface area contributed by atoms with E-state index < -0.39 is 93.8 Å². The van der Waals surface area contributed by atoms with Gasteiger partial charge < -0.3 is 45.6 Å². The Morgan fingerprint density at radius 1 is 0.547 bits per heavy atom. The molecule has 0 heterocycles. The number of fused-ring (bicyclic) bond motifs is 2. The van der Waals surface area contributed by atoms with E-state index in [4.69, 9.17) is 31.0 Å². The lowest BCUT2D eigenvalue weighted by atomic mass is 9.79. The summed E-state index contributed by atoms with van der Waals surface area (Å²) < 4.78 is 201. The van der Waals surface area contributed by atoms with E-state index in [1.165, 1.54) is 35.4 Å².